The van der Waals surface area contributed by atoms with E-state index in [2.05, 4.69) is 26.9 Å². The molecule has 0 fully saturated rings. The van der Waals surface area contributed by atoms with Gasteiger partial charge in [0.1, 0.15) is 5.65 Å². The fraction of sp³-hybridized carbons (Fsp3) is 0.300. The van der Waals surface area contributed by atoms with Crippen molar-refractivity contribution in [2.24, 2.45) is 16.5 Å². The first kappa shape index (κ1) is 29.2. The number of aryl methyl sites for hydroxylation is 1. The van der Waals surface area contributed by atoms with E-state index in [0.717, 1.165) is 36.9 Å². The van der Waals surface area contributed by atoms with E-state index in [1.54, 1.807) is 37.4 Å². The third kappa shape index (κ3) is 7.44. The number of nitrogens with one attached hydrogen (secondary N) is 2. The van der Waals surface area contributed by atoms with E-state index < -0.39 is 11.5 Å². The standard InChI is InChI=1S/C30H35ClFN7O/c1-3-23(34)7-4-6-21-14-25(28(32)26(31)15-21)27-16-22-18-39(30(40)38-29(22)37-27)24-10-8-20(9-11-24)17-35-12-5-13-36-19(2)33/h3,8-11,14-16,18,23,35H,1,4-7,12-13,17,34H2,2H3,(H2,33,36)(H,37,38,40). The number of H-pyrrole nitrogens is 1. The van der Waals surface area contributed by atoms with Crippen LogP contribution < -0.4 is 22.5 Å². The molecule has 2 heterocycles. The van der Waals surface area contributed by atoms with Crippen LogP contribution in [0.4, 0.5) is 4.39 Å². The van der Waals surface area contributed by atoms with Crippen molar-refractivity contribution in [3.63, 3.8) is 0 Å². The van der Waals surface area contributed by atoms with Crippen LogP contribution in [0, 0.1) is 5.82 Å². The van der Waals surface area contributed by atoms with Gasteiger partial charge < -0.3 is 21.8 Å². The molecule has 4 rings (SSSR count). The van der Waals surface area contributed by atoms with Gasteiger partial charge in [-0.2, -0.15) is 4.98 Å². The molecule has 0 amide bonds. The molecule has 0 saturated carbocycles. The van der Waals surface area contributed by atoms with Crippen molar-refractivity contribution >= 4 is 28.5 Å². The van der Waals surface area contributed by atoms with Gasteiger partial charge in [-0.15, -0.1) is 6.58 Å². The van der Waals surface area contributed by atoms with Gasteiger partial charge in [-0.05, 0) is 80.6 Å². The number of nitrogens with zero attached hydrogens (tertiary/aromatic N) is 3. The molecule has 1 unspecified atom stereocenters. The Labute approximate surface area is 238 Å². The van der Waals surface area contributed by atoms with E-state index in [0.29, 0.717) is 53.3 Å². The summed E-state index contributed by atoms with van der Waals surface area (Å²) in [5, 5.41) is 4.09. The molecule has 10 heteroatoms. The summed E-state index contributed by atoms with van der Waals surface area (Å²) in [5.41, 5.74) is 14.9. The lowest BCUT2D eigenvalue weighted by molar-refractivity contribution is 0.628. The molecule has 6 N–H and O–H groups in total. The Morgan fingerprint density at radius 3 is 2.75 bits per heavy atom. The quantitative estimate of drug-likeness (QED) is 0.0799. The number of benzene rings is 2. The second-order valence-electron chi connectivity index (χ2n) is 9.83. The van der Waals surface area contributed by atoms with Gasteiger partial charge in [-0.1, -0.05) is 29.8 Å². The van der Waals surface area contributed by atoms with E-state index in [1.807, 2.05) is 24.3 Å². The van der Waals surface area contributed by atoms with Gasteiger partial charge in [-0.3, -0.25) is 9.56 Å². The first-order chi connectivity index (χ1) is 19.2. The van der Waals surface area contributed by atoms with Crippen LogP contribution in [-0.2, 0) is 13.0 Å². The number of fused-ring (bicyclic) bond motifs is 1. The zero-order chi connectivity index (χ0) is 28.6. The third-order valence-electron chi connectivity index (χ3n) is 6.61. The van der Waals surface area contributed by atoms with E-state index in [1.165, 1.54) is 4.57 Å². The van der Waals surface area contributed by atoms with Crippen molar-refractivity contribution < 1.29 is 4.39 Å². The summed E-state index contributed by atoms with van der Waals surface area (Å²) >= 11 is 6.23. The molecule has 0 aliphatic heterocycles. The summed E-state index contributed by atoms with van der Waals surface area (Å²) in [7, 11) is 0. The molecule has 0 radical (unpaired) electrons. The molecular formula is C30H35ClFN7O. The zero-order valence-corrected chi connectivity index (χ0v) is 23.3. The summed E-state index contributed by atoms with van der Waals surface area (Å²) in [6.45, 7) is 7.71. The summed E-state index contributed by atoms with van der Waals surface area (Å²) in [6, 6.07) is 12.8. The second kappa shape index (κ2) is 13.5. The Bertz CT molecular complexity index is 1560. The predicted molar refractivity (Wildman–Crippen MR) is 162 cm³/mol. The smallest absolute Gasteiger partial charge is 0.354 e. The minimum atomic E-state index is -0.526. The Morgan fingerprint density at radius 1 is 1.25 bits per heavy atom. The van der Waals surface area contributed by atoms with Gasteiger partial charge in [0.25, 0.3) is 0 Å². The van der Waals surface area contributed by atoms with Crippen molar-refractivity contribution in [1.82, 2.24) is 19.9 Å². The second-order valence-corrected chi connectivity index (χ2v) is 10.2. The number of rotatable bonds is 13. The van der Waals surface area contributed by atoms with Crippen LogP contribution in [-0.4, -0.2) is 39.5 Å². The molecule has 0 aliphatic rings. The SMILES string of the molecule is C=CC(N)CCCc1cc(Cl)c(F)c(-c2cc3cn(-c4ccc(CNCCCN=C(C)N)cc4)c(=O)nc3[nH]2)c1. The molecule has 0 saturated heterocycles. The molecule has 40 heavy (non-hydrogen) atoms. The van der Waals surface area contributed by atoms with Gasteiger partial charge in [-0.25, -0.2) is 9.18 Å². The summed E-state index contributed by atoms with van der Waals surface area (Å²) in [5.74, 6) is 0.0676. The van der Waals surface area contributed by atoms with Crippen molar-refractivity contribution in [2.75, 3.05) is 13.1 Å². The summed E-state index contributed by atoms with van der Waals surface area (Å²) in [6.07, 6.45) is 6.62. The van der Waals surface area contributed by atoms with Crippen molar-refractivity contribution in [2.45, 2.75) is 45.2 Å². The number of nitrogens with two attached hydrogens (primary N) is 2. The number of halogens is 2. The van der Waals surface area contributed by atoms with Gasteiger partial charge >= 0.3 is 5.69 Å². The van der Waals surface area contributed by atoms with Gasteiger partial charge in [0.15, 0.2) is 5.82 Å². The lowest BCUT2D eigenvalue weighted by Gasteiger charge is -2.09. The lowest BCUT2D eigenvalue weighted by atomic mass is 10.0. The molecule has 8 nitrogen and oxygen atoms in total. The number of aromatic amines is 1. The lowest BCUT2D eigenvalue weighted by Crippen LogP contribution is -2.20. The summed E-state index contributed by atoms with van der Waals surface area (Å²) in [4.78, 5) is 24.3. The van der Waals surface area contributed by atoms with Crippen LogP contribution in [0.1, 0.15) is 37.3 Å². The van der Waals surface area contributed by atoms with E-state index in [4.69, 9.17) is 23.1 Å². The highest BCUT2D eigenvalue weighted by Crippen LogP contribution is 2.31. The minimum Gasteiger partial charge on any atom is -0.388 e. The summed E-state index contributed by atoms with van der Waals surface area (Å²) < 4.78 is 16.5. The van der Waals surface area contributed by atoms with Crippen LogP contribution in [0.25, 0.3) is 28.0 Å². The first-order valence-electron chi connectivity index (χ1n) is 13.3. The van der Waals surface area contributed by atoms with Crippen LogP contribution in [0.5, 0.6) is 0 Å². The normalized spacial score (nSPS) is 12.7. The fourth-order valence-corrected chi connectivity index (χ4v) is 4.68. The molecule has 0 bridgehead atoms. The molecule has 2 aromatic heterocycles. The van der Waals surface area contributed by atoms with E-state index >= 15 is 4.39 Å². The molecule has 1 atom stereocenters. The van der Waals surface area contributed by atoms with Crippen LogP contribution in [0.2, 0.25) is 5.02 Å². The van der Waals surface area contributed by atoms with Gasteiger partial charge in [0.05, 0.1) is 22.2 Å². The maximum atomic E-state index is 15.1. The monoisotopic (exact) mass is 563 g/mol. The fourth-order valence-electron chi connectivity index (χ4n) is 4.44. The molecule has 2 aromatic carbocycles. The number of hydrogen-bond donors (Lipinski definition) is 4. The average Bonchev–Trinajstić information content (AvgIpc) is 3.34. The van der Waals surface area contributed by atoms with E-state index in [-0.39, 0.29) is 11.1 Å². The predicted octanol–water partition coefficient (Wildman–Crippen LogP) is 4.87. The highest BCUT2D eigenvalue weighted by molar-refractivity contribution is 6.31. The van der Waals surface area contributed by atoms with Crippen molar-refractivity contribution in [3.05, 3.63) is 93.8 Å². The topological polar surface area (TPSA) is 127 Å². The Hall–Kier alpha value is -3.79. The van der Waals surface area contributed by atoms with Gasteiger partial charge in [0.2, 0.25) is 0 Å². The maximum absolute atomic E-state index is 15.1. The largest absolute Gasteiger partial charge is 0.388 e. The third-order valence-corrected chi connectivity index (χ3v) is 6.88. The molecule has 0 aliphatic carbocycles. The van der Waals surface area contributed by atoms with Gasteiger partial charge in [0, 0.05) is 36.3 Å². The highest BCUT2D eigenvalue weighted by atomic mass is 35.5. The molecule has 0 spiro atoms. The van der Waals surface area contributed by atoms with Crippen LogP contribution >= 0.6 is 11.6 Å². The van der Waals surface area contributed by atoms with Crippen molar-refractivity contribution in [1.29, 1.82) is 0 Å². The molecule has 4 aromatic rings. The first-order valence-corrected chi connectivity index (χ1v) is 13.7. The Kier molecular flexibility index (Phi) is 9.87. The average molecular weight is 564 g/mol. The number of hydrogen-bond acceptors (Lipinski definition) is 5. The number of amidine groups is 1. The Morgan fingerprint density at radius 2 is 2.02 bits per heavy atom. The minimum absolute atomic E-state index is 0.0421. The maximum Gasteiger partial charge on any atom is 0.354 e. The van der Waals surface area contributed by atoms with Crippen LogP contribution in [0.15, 0.2) is 71.1 Å². The molecule has 210 valence electrons. The number of aliphatic imine (C=N–C) groups is 1. The highest BCUT2D eigenvalue weighted by Gasteiger charge is 2.15. The zero-order valence-electron chi connectivity index (χ0n) is 22.6. The van der Waals surface area contributed by atoms with Crippen LogP contribution in [0.3, 0.4) is 0 Å². The molecular weight excluding hydrogens is 529 g/mol. The van der Waals surface area contributed by atoms with E-state index in [9.17, 15) is 4.79 Å². The van der Waals surface area contributed by atoms with Crippen molar-refractivity contribution in [3.8, 4) is 16.9 Å². The number of aromatic nitrogens is 3. The Balaban J connectivity index is 1.50.